The van der Waals surface area contributed by atoms with Crippen LogP contribution >= 0.6 is 0 Å². The summed E-state index contributed by atoms with van der Waals surface area (Å²) >= 11 is 0. The van der Waals surface area contributed by atoms with E-state index in [0.717, 1.165) is 0 Å². The van der Waals surface area contributed by atoms with Crippen molar-refractivity contribution in [1.29, 1.82) is 0 Å². The Balaban J connectivity index is 2.10. The summed E-state index contributed by atoms with van der Waals surface area (Å²) in [6.07, 6.45) is 0. The van der Waals surface area contributed by atoms with Crippen LogP contribution in [0.1, 0.15) is 0 Å². The lowest BCUT2D eigenvalue weighted by molar-refractivity contribution is 0.354. The van der Waals surface area contributed by atoms with E-state index in [9.17, 15) is 16.8 Å². The van der Waals surface area contributed by atoms with E-state index in [1.54, 1.807) is 18.2 Å². The van der Waals surface area contributed by atoms with Gasteiger partial charge in [0.05, 0.1) is 29.8 Å². The molecule has 0 saturated heterocycles. The van der Waals surface area contributed by atoms with E-state index in [2.05, 4.69) is 4.72 Å². The molecule has 7 nitrogen and oxygen atoms in total. The maximum absolute atomic E-state index is 12.3. The van der Waals surface area contributed by atoms with E-state index >= 15 is 0 Å². The first kappa shape index (κ1) is 19.2. The van der Waals surface area contributed by atoms with Gasteiger partial charge in [-0.3, -0.25) is 0 Å². The van der Waals surface area contributed by atoms with Crippen molar-refractivity contribution in [2.24, 2.45) is 0 Å². The van der Waals surface area contributed by atoms with Crippen molar-refractivity contribution in [1.82, 2.24) is 4.72 Å². The van der Waals surface area contributed by atoms with Gasteiger partial charge in [-0.1, -0.05) is 18.2 Å². The molecule has 2 rings (SSSR count). The largest absolute Gasteiger partial charge is 0.493 e. The summed E-state index contributed by atoms with van der Waals surface area (Å²) in [5.74, 6) is 0.319. The zero-order valence-corrected chi connectivity index (χ0v) is 15.4. The van der Waals surface area contributed by atoms with Crippen LogP contribution in [-0.4, -0.2) is 43.4 Å². The van der Waals surface area contributed by atoms with Gasteiger partial charge in [-0.05, 0) is 24.3 Å². The van der Waals surface area contributed by atoms with Gasteiger partial charge < -0.3 is 9.47 Å². The van der Waals surface area contributed by atoms with Gasteiger partial charge in [-0.2, -0.15) is 0 Å². The molecule has 0 atom stereocenters. The van der Waals surface area contributed by atoms with Crippen LogP contribution in [0.4, 0.5) is 0 Å². The van der Waals surface area contributed by atoms with Crippen molar-refractivity contribution in [3.8, 4) is 11.5 Å². The molecule has 0 bridgehead atoms. The maximum Gasteiger partial charge on any atom is 0.240 e. The molecule has 0 aromatic heterocycles. The van der Waals surface area contributed by atoms with Crippen LogP contribution in [0, 0.1) is 0 Å². The third kappa shape index (κ3) is 4.71. The number of benzene rings is 2. The molecule has 0 radical (unpaired) electrons. The molecular formula is C16H19NO6S2. The minimum atomic E-state index is -3.87. The summed E-state index contributed by atoms with van der Waals surface area (Å²) in [5, 5.41) is 0. The molecule has 0 aliphatic carbocycles. The summed E-state index contributed by atoms with van der Waals surface area (Å²) < 4.78 is 61.4. The van der Waals surface area contributed by atoms with E-state index in [0.29, 0.717) is 5.75 Å². The first-order valence-electron chi connectivity index (χ1n) is 7.29. The summed E-state index contributed by atoms with van der Waals surface area (Å²) in [5.41, 5.74) is 0. The second-order valence-electron chi connectivity index (χ2n) is 5.05. The van der Waals surface area contributed by atoms with Gasteiger partial charge in [0, 0.05) is 12.6 Å². The van der Waals surface area contributed by atoms with Crippen LogP contribution in [0.3, 0.4) is 0 Å². The average Bonchev–Trinajstić information content (AvgIpc) is 2.61. The van der Waals surface area contributed by atoms with Gasteiger partial charge in [-0.15, -0.1) is 0 Å². The van der Waals surface area contributed by atoms with E-state index in [-0.39, 0.29) is 27.8 Å². The third-order valence-corrected chi connectivity index (χ3v) is 6.62. The van der Waals surface area contributed by atoms with Gasteiger partial charge in [0.25, 0.3) is 0 Å². The molecule has 0 spiro atoms. The maximum atomic E-state index is 12.3. The Morgan fingerprint density at radius 1 is 0.840 bits per heavy atom. The number of hydrogen-bond acceptors (Lipinski definition) is 6. The third-order valence-electron chi connectivity index (χ3n) is 3.43. The fraction of sp³-hybridized carbons (Fsp3) is 0.250. The van der Waals surface area contributed by atoms with Gasteiger partial charge in [0.1, 0.15) is 0 Å². The minimum Gasteiger partial charge on any atom is -0.493 e. The summed E-state index contributed by atoms with van der Waals surface area (Å²) in [7, 11) is -4.59. The molecule has 0 unspecified atom stereocenters. The van der Waals surface area contributed by atoms with Crippen LogP contribution in [0.2, 0.25) is 0 Å². The Bertz CT molecular complexity index is 924. The van der Waals surface area contributed by atoms with Crippen LogP contribution in [-0.2, 0) is 19.9 Å². The van der Waals surface area contributed by atoms with Crippen LogP contribution in [0.5, 0.6) is 11.5 Å². The number of rotatable bonds is 8. The van der Waals surface area contributed by atoms with E-state index in [1.165, 1.54) is 44.6 Å². The highest BCUT2D eigenvalue weighted by Crippen LogP contribution is 2.29. The summed E-state index contributed by atoms with van der Waals surface area (Å²) in [6.45, 7) is -0.242. The number of ether oxygens (including phenoxy) is 2. The lowest BCUT2D eigenvalue weighted by atomic mass is 10.3. The number of sulfonamides is 1. The standard InChI is InChI=1S/C16H19NO6S2/c1-22-15-9-8-14(12-16(15)23-2)25(20,21)17-10-11-24(18,19)13-6-4-3-5-7-13/h3-9,12,17H,10-11H2,1-2H3. The lowest BCUT2D eigenvalue weighted by Crippen LogP contribution is -2.29. The zero-order chi connectivity index (χ0) is 18.5. The molecule has 0 fully saturated rings. The summed E-state index contributed by atoms with van der Waals surface area (Å²) in [4.78, 5) is 0.113. The molecule has 2 aromatic carbocycles. The smallest absolute Gasteiger partial charge is 0.240 e. The van der Waals surface area contributed by atoms with Crippen LogP contribution in [0.25, 0.3) is 0 Å². The summed E-state index contributed by atoms with van der Waals surface area (Å²) in [6, 6.07) is 12.0. The Hall–Kier alpha value is -2.10. The average molecular weight is 385 g/mol. The van der Waals surface area contributed by atoms with Crippen LogP contribution in [0.15, 0.2) is 58.3 Å². The molecule has 9 heteroatoms. The van der Waals surface area contributed by atoms with Crippen molar-refractivity contribution in [3.63, 3.8) is 0 Å². The molecule has 136 valence electrons. The van der Waals surface area contributed by atoms with Crippen molar-refractivity contribution in [2.45, 2.75) is 9.79 Å². The molecule has 0 aliphatic rings. The topological polar surface area (TPSA) is 98.8 Å². The second-order valence-corrected chi connectivity index (χ2v) is 8.92. The quantitative estimate of drug-likeness (QED) is 0.739. The van der Waals surface area contributed by atoms with E-state index in [1.807, 2.05) is 0 Å². The highest BCUT2D eigenvalue weighted by molar-refractivity contribution is 7.91. The van der Waals surface area contributed by atoms with Gasteiger partial charge >= 0.3 is 0 Å². The van der Waals surface area contributed by atoms with Crippen molar-refractivity contribution in [2.75, 3.05) is 26.5 Å². The Kier molecular flexibility index (Phi) is 6.04. The SMILES string of the molecule is COc1ccc(S(=O)(=O)NCCS(=O)(=O)c2ccccc2)cc1OC. The predicted molar refractivity (Wildman–Crippen MR) is 93.2 cm³/mol. The minimum absolute atomic E-state index is 0.0396. The van der Waals surface area contributed by atoms with Gasteiger partial charge in [0.15, 0.2) is 21.3 Å². The van der Waals surface area contributed by atoms with Crippen LogP contribution < -0.4 is 14.2 Å². The zero-order valence-electron chi connectivity index (χ0n) is 13.8. The molecule has 25 heavy (non-hydrogen) atoms. The highest BCUT2D eigenvalue weighted by atomic mass is 32.2. The molecule has 0 amide bonds. The number of sulfone groups is 1. The molecule has 0 heterocycles. The fourth-order valence-electron chi connectivity index (χ4n) is 2.12. The number of hydrogen-bond donors (Lipinski definition) is 1. The Morgan fingerprint density at radius 2 is 1.48 bits per heavy atom. The first-order chi connectivity index (χ1) is 11.8. The van der Waals surface area contributed by atoms with Crippen molar-refractivity contribution in [3.05, 3.63) is 48.5 Å². The fourth-order valence-corrected chi connectivity index (χ4v) is 4.48. The monoisotopic (exact) mass is 385 g/mol. The molecule has 0 saturated carbocycles. The van der Waals surface area contributed by atoms with Gasteiger partial charge in [-0.25, -0.2) is 21.6 Å². The van der Waals surface area contributed by atoms with E-state index < -0.39 is 19.9 Å². The van der Waals surface area contributed by atoms with E-state index in [4.69, 9.17) is 9.47 Å². The Labute approximate surface area is 147 Å². The number of methoxy groups -OCH3 is 2. The molecular weight excluding hydrogens is 366 g/mol. The normalized spacial score (nSPS) is 11.9. The predicted octanol–water partition coefficient (Wildman–Crippen LogP) is 1.46. The van der Waals surface area contributed by atoms with Crippen molar-refractivity contribution >= 4 is 19.9 Å². The molecule has 0 aliphatic heterocycles. The first-order valence-corrected chi connectivity index (χ1v) is 10.4. The van der Waals surface area contributed by atoms with Gasteiger partial charge in [0.2, 0.25) is 10.0 Å². The lowest BCUT2D eigenvalue weighted by Gasteiger charge is -2.11. The molecule has 2 aromatic rings. The highest BCUT2D eigenvalue weighted by Gasteiger charge is 2.19. The molecule has 1 N–H and O–H groups in total. The number of nitrogens with one attached hydrogen (secondary N) is 1. The Morgan fingerprint density at radius 3 is 2.08 bits per heavy atom. The van der Waals surface area contributed by atoms with Crippen molar-refractivity contribution < 1.29 is 26.3 Å². The second kappa shape index (κ2) is 7.85.